The normalized spacial score (nSPS) is 11.6. The van der Waals surface area contributed by atoms with E-state index in [1.807, 2.05) is 17.5 Å². The van der Waals surface area contributed by atoms with Crippen LogP contribution in [0.1, 0.15) is 11.3 Å². The number of halogens is 1. The molecule has 3 aromatic rings. The molecule has 0 aliphatic heterocycles. The maximum absolute atomic E-state index is 12.1. The Kier molecular flexibility index (Phi) is 5.80. The van der Waals surface area contributed by atoms with Crippen LogP contribution in [0.25, 0.3) is 10.6 Å². The third-order valence-corrected chi connectivity index (χ3v) is 5.98. The van der Waals surface area contributed by atoms with Crippen molar-refractivity contribution in [2.75, 3.05) is 6.54 Å². The maximum Gasteiger partial charge on any atom is 0.215 e. The summed E-state index contributed by atoms with van der Waals surface area (Å²) in [5.74, 6) is -0.0673. The Morgan fingerprint density at radius 3 is 2.68 bits per heavy atom. The monoisotopic (exact) mass is 393 g/mol. The average molecular weight is 394 g/mol. The molecule has 0 amide bonds. The minimum Gasteiger partial charge on any atom is -0.264 e. The molecule has 2 heterocycles. The van der Waals surface area contributed by atoms with Gasteiger partial charge in [-0.2, -0.15) is 0 Å². The van der Waals surface area contributed by atoms with Crippen molar-refractivity contribution in [3.05, 3.63) is 70.5 Å². The first-order chi connectivity index (χ1) is 12.0. The van der Waals surface area contributed by atoms with E-state index in [4.69, 9.17) is 11.6 Å². The van der Waals surface area contributed by atoms with Gasteiger partial charge in [-0.05, 0) is 29.8 Å². The first-order valence-corrected chi connectivity index (χ1v) is 10.5. The van der Waals surface area contributed by atoms with Gasteiger partial charge in [-0.3, -0.25) is 4.98 Å². The summed E-state index contributed by atoms with van der Waals surface area (Å²) in [5.41, 5.74) is 2.52. The minimum absolute atomic E-state index is 0.0673. The van der Waals surface area contributed by atoms with Crippen molar-refractivity contribution < 1.29 is 8.42 Å². The van der Waals surface area contributed by atoms with E-state index in [1.165, 1.54) is 11.3 Å². The second-order valence-electron chi connectivity index (χ2n) is 5.42. The van der Waals surface area contributed by atoms with E-state index < -0.39 is 10.0 Å². The van der Waals surface area contributed by atoms with Crippen molar-refractivity contribution in [3.63, 3.8) is 0 Å². The quantitative estimate of drug-likeness (QED) is 0.666. The van der Waals surface area contributed by atoms with Crippen molar-refractivity contribution in [1.29, 1.82) is 0 Å². The summed E-state index contributed by atoms with van der Waals surface area (Å²) in [5, 5.41) is 3.41. The number of sulfonamides is 1. The summed E-state index contributed by atoms with van der Waals surface area (Å²) in [6, 6.07) is 10.6. The molecule has 1 aromatic carbocycles. The standard InChI is InChI=1S/C17H16ClN3O2S2/c18-15-5-3-13(4-6-15)12-25(22,23)20-9-7-16-11-24-17(21-16)14-2-1-8-19-10-14/h1-6,8,10-11,20H,7,9,12H2. The van der Waals surface area contributed by atoms with Gasteiger partial charge in [0.1, 0.15) is 5.01 Å². The van der Waals surface area contributed by atoms with Crippen molar-refractivity contribution >= 4 is 33.0 Å². The molecule has 0 unspecified atom stereocenters. The van der Waals surface area contributed by atoms with E-state index in [-0.39, 0.29) is 5.75 Å². The number of benzene rings is 1. The predicted molar refractivity (Wildman–Crippen MR) is 101 cm³/mol. The number of thiazole rings is 1. The first-order valence-electron chi connectivity index (χ1n) is 7.58. The molecule has 0 saturated carbocycles. The fraction of sp³-hybridized carbons (Fsp3) is 0.176. The van der Waals surface area contributed by atoms with Gasteiger partial charge in [0.15, 0.2) is 0 Å². The van der Waals surface area contributed by atoms with Gasteiger partial charge in [0.25, 0.3) is 0 Å². The van der Waals surface area contributed by atoms with Crippen LogP contribution in [0.5, 0.6) is 0 Å². The Balaban J connectivity index is 1.54. The number of aromatic nitrogens is 2. The lowest BCUT2D eigenvalue weighted by Gasteiger charge is -2.06. The van der Waals surface area contributed by atoms with Gasteiger partial charge in [0, 0.05) is 41.3 Å². The second kappa shape index (κ2) is 8.05. The largest absolute Gasteiger partial charge is 0.264 e. The van der Waals surface area contributed by atoms with Gasteiger partial charge in [-0.25, -0.2) is 18.1 Å². The predicted octanol–water partition coefficient (Wildman–Crippen LogP) is 3.52. The van der Waals surface area contributed by atoms with Crippen molar-refractivity contribution in [2.24, 2.45) is 0 Å². The molecular weight excluding hydrogens is 378 g/mol. The summed E-state index contributed by atoms with van der Waals surface area (Å²) in [6.07, 6.45) is 4.02. The van der Waals surface area contributed by atoms with Crippen molar-refractivity contribution in [2.45, 2.75) is 12.2 Å². The summed E-state index contributed by atoms with van der Waals surface area (Å²) in [7, 11) is -3.39. The molecule has 130 valence electrons. The highest BCUT2D eigenvalue weighted by Crippen LogP contribution is 2.22. The molecule has 25 heavy (non-hydrogen) atoms. The Morgan fingerprint density at radius 2 is 1.96 bits per heavy atom. The number of hydrogen-bond acceptors (Lipinski definition) is 5. The number of rotatable bonds is 7. The lowest BCUT2D eigenvalue weighted by molar-refractivity contribution is 0.580. The molecule has 0 aliphatic rings. The molecule has 0 bridgehead atoms. The summed E-state index contributed by atoms with van der Waals surface area (Å²) >= 11 is 7.33. The van der Waals surface area contributed by atoms with Gasteiger partial charge >= 0.3 is 0 Å². The molecule has 3 rings (SSSR count). The van der Waals surface area contributed by atoms with Crippen LogP contribution >= 0.6 is 22.9 Å². The van der Waals surface area contributed by atoms with Crippen LogP contribution in [0, 0.1) is 0 Å². The Labute approximate surface area is 155 Å². The molecule has 0 atom stereocenters. The SMILES string of the molecule is O=S(=O)(Cc1ccc(Cl)cc1)NCCc1csc(-c2cccnc2)n1. The van der Waals surface area contributed by atoms with Crippen LogP contribution in [0.2, 0.25) is 5.02 Å². The van der Waals surface area contributed by atoms with Gasteiger partial charge in [-0.15, -0.1) is 11.3 Å². The third-order valence-electron chi connectivity index (χ3n) is 3.43. The van der Waals surface area contributed by atoms with E-state index in [1.54, 1.807) is 36.7 Å². The molecule has 8 heteroatoms. The first kappa shape index (κ1) is 18.0. The molecule has 0 spiro atoms. The van der Waals surface area contributed by atoms with Crippen LogP contribution in [-0.2, 0) is 22.2 Å². The number of pyridine rings is 1. The van der Waals surface area contributed by atoms with Gasteiger partial charge in [-0.1, -0.05) is 23.7 Å². The molecule has 0 fully saturated rings. The highest BCUT2D eigenvalue weighted by atomic mass is 35.5. The zero-order valence-corrected chi connectivity index (χ0v) is 15.6. The summed E-state index contributed by atoms with van der Waals surface area (Å²) in [4.78, 5) is 8.60. The summed E-state index contributed by atoms with van der Waals surface area (Å²) in [6.45, 7) is 0.312. The average Bonchev–Trinajstić information content (AvgIpc) is 3.06. The molecule has 0 aliphatic carbocycles. The number of nitrogens with zero attached hydrogens (tertiary/aromatic N) is 2. The lowest BCUT2D eigenvalue weighted by atomic mass is 10.2. The van der Waals surface area contributed by atoms with Gasteiger partial charge < -0.3 is 0 Å². The van der Waals surface area contributed by atoms with Crippen molar-refractivity contribution in [3.8, 4) is 10.6 Å². The molecule has 0 saturated heterocycles. The molecule has 1 N–H and O–H groups in total. The van der Waals surface area contributed by atoms with E-state index in [2.05, 4.69) is 14.7 Å². The fourth-order valence-corrected chi connectivity index (χ4v) is 4.35. The number of hydrogen-bond donors (Lipinski definition) is 1. The Morgan fingerprint density at radius 1 is 1.16 bits per heavy atom. The topological polar surface area (TPSA) is 72.0 Å². The lowest BCUT2D eigenvalue weighted by Crippen LogP contribution is -2.27. The molecule has 2 aromatic heterocycles. The highest BCUT2D eigenvalue weighted by Gasteiger charge is 2.12. The van der Waals surface area contributed by atoms with Crippen LogP contribution in [0.4, 0.5) is 0 Å². The van der Waals surface area contributed by atoms with Gasteiger partial charge in [0.2, 0.25) is 10.0 Å². The zero-order chi connectivity index (χ0) is 17.7. The maximum atomic E-state index is 12.1. The minimum atomic E-state index is -3.39. The summed E-state index contributed by atoms with van der Waals surface area (Å²) < 4.78 is 26.9. The van der Waals surface area contributed by atoms with Crippen LogP contribution in [0.3, 0.4) is 0 Å². The van der Waals surface area contributed by atoms with Crippen molar-refractivity contribution in [1.82, 2.24) is 14.7 Å². The van der Waals surface area contributed by atoms with Crippen LogP contribution in [-0.4, -0.2) is 24.9 Å². The highest BCUT2D eigenvalue weighted by molar-refractivity contribution is 7.88. The Bertz CT molecular complexity index is 926. The Hall–Kier alpha value is -1.80. The molecular formula is C17H16ClN3O2S2. The van der Waals surface area contributed by atoms with Crippen LogP contribution in [0.15, 0.2) is 54.2 Å². The van der Waals surface area contributed by atoms with E-state index in [9.17, 15) is 8.42 Å². The van der Waals surface area contributed by atoms with E-state index >= 15 is 0 Å². The molecule has 0 radical (unpaired) electrons. The van der Waals surface area contributed by atoms with Gasteiger partial charge in [0.05, 0.1) is 11.4 Å². The fourth-order valence-electron chi connectivity index (χ4n) is 2.23. The third kappa shape index (κ3) is 5.34. The van der Waals surface area contributed by atoms with E-state index in [0.29, 0.717) is 23.6 Å². The smallest absolute Gasteiger partial charge is 0.215 e. The van der Waals surface area contributed by atoms with E-state index in [0.717, 1.165) is 16.3 Å². The van der Waals surface area contributed by atoms with Crippen LogP contribution < -0.4 is 4.72 Å². The second-order valence-corrected chi connectivity index (χ2v) is 8.52. The molecule has 5 nitrogen and oxygen atoms in total. The zero-order valence-electron chi connectivity index (χ0n) is 13.2. The number of nitrogens with one attached hydrogen (secondary N) is 1.